The van der Waals surface area contributed by atoms with E-state index in [2.05, 4.69) is 25.8 Å². The second kappa shape index (κ2) is 9.51. The van der Waals surface area contributed by atoms with E-state index in [-0.39, 0.29) is 29.3 Å². The molecule has 2 fully saturated rings. The summed E-state index contributed by atoms with van der Waals surface area (Å²) in [5.41, 5.74) is 7.46. The highest BCUT2D eigenvalue weighted by Crippen LogP contribution is 2.28. The number of rotatable bonds is 7. The van der Waals surface area contributed by atoms with Gasteiger partial charge in [-0.2, -0.15) is 0 Å². The van der Waals surface area contributed by atoms with Gasteiger partial charge >= 0.3 is 0 Å². The van der Waals surface area contributed by atoms with E-state index in [0.717, 1.165) is 50.5 Å². The van der Waals surface area contributed by atoms with Gasteiger partial charge < -0.3 is 26.6 Å². The van der Waals surface area contributed by atoms with Crippen molar-refractivity contribution in [3.63, 3.8) is 0 Å². The topological polar surface area (TPSA) is 95.3 Å². The molecule has 31 heavy (non-hydrogen) atoms. The first-order chi connectivity index (χ1) is 15.0. The lowest BCUT2D eigenvalue weighted by Crippen LogP contribution is -2.45. The van der Waals surface area contributed by atoms with E-state index >= 15 is 0 Å². The van der Waals surface area contributed by atoms with Crippen molar-refractivity contribution in [2.45, 2.75) is 50.6 Å². The molecule has 7 nitrogen and oxygen atoms in total. The Morgan fingerprint density at radius 2 is 1.74 bits per heavy atom. The minimum absolute atomic E-state index is 0.0282. The SMILES string of the molecule is CNC1CCCC[C@H]1Nc1nc(Nc2ccc(N3CCCC3)cc2)c(C(N)=O)cc1F. The van der Waals surface area contributed by atoms with E-state index in [9.17, 15) is 9.18 Å². The summed E-state index contributed by atoms with van der Waals surface area (Å²) < 4.78 is 14.8. The normalized spacial score (nSPS) is 21.2. The first kappa shape index (κ1) is 21.4. The Labute approximate surface area is 182 Å². The number of benzene rings is 1. The monoisotopic (exact) mass is 426 g/mol. The van der Waals surface area contributed by atoms with Crippen LogP contribution in [0.25, 0.3) is 0 Å². The van der Waals surface area contributed by atoms with Crippen molar-refractivity contribution in [1.29, 1.82) is 0 Å². The van der Waals surface area contributed by atoms with E-state index in [1.54, 1.807) is 0 Å². The molecule has 0 spiro atoms. The van der Waals surface area contributed by atoms with Crippen molar-refractivity contribution in [1.82, 2.24) is 10.3 Å². The number of carbonyl (C=O) groups excluding carboxylic acids is 1. The molecule has 2 aromatic rings. The van der Waals surface area contributed by atoms with Crippen LogP contribution in [0.15, 0.2) is 30.3 Å². The Kier molecular flexibility index (Phi) is 6.56. The van der Waals surface area contributed by atoms with Crippen molar-refractivity contribution >= 4 is 28.9 Å². The maximum Gasteiger partial charge on any atom is 0.252 e. The van der Waals surface area contributed by atoms with Crippen molar-refractivity contribution in [3.8, 4) is 0 Å². The molecular formula is C23H31FN6O. The molecule has 4 rings (SSSR count). The van der Waals surface area contributed by atoms with E-state index in [4.69, 9.17) is 5.73 Å². The van der Waals surface area contributed by atoms with Gasteiger partial charge in [-0.1, -0.05) is 12.8 Å². The second-order valence-corrected chi connectivity index (χ2v) is 8.38. The number of hydrogen-bond donors (Lipinski definition) is 4. The molecule has 1 aliphatic heterocycles. The van der Waals surface area contributed by atoms with Gasteiger partial charge in [0.25, 0.3) is 5.91 Å². The van der Waals surface area contributed by atoms with Gasteiger partial charge in [-0.15, -0.1) is 0 Å². The molecule has 2 atom stereocenters. The van der Waals surface area contributed by atoms with Crippen LogP contribution in [0.1, 0.15) is 48.9 Å². The smallest absolute Gasteiger partial charge is 0.252 e. The van der Waals surface area contributed by atoms with Gasteiger partial charge in [0.1, 0.15) is 5.82 Å². The molecule has 166 valence electrons. The fourth-order valence-electron chi connectivity index (χ4n) is 4.57. The van der Waals surface area contributed by atoms with Gasteiger partial charge in [0.15, 0.2) is 11.6 Å². The number of primary amides is 1. The van der Waals surface area contributed by atoms with Crippen LogP contribution in [-0.2, 0) is 0 Å². The Bertz CT molecular complexity index is 913. The standard InChI is InChI=1S/C23H31FN6O/c1-26-19-6-2-3-7-20(19)28-23-18(24)14-17(21(25)31)22(29-23)27-15-8-10-16(11-9-15)30-12-4-5-13-30/h8-11,14,19-20,26H,2-7,12-13H2,1H3,(H2,25,31)(H2,27,28,29)/t19?,20-/m1/s1. The largest absolute Gasteiger partial charge is 0.372 e. The molecule has 5 N–H and O–H groups in total. The van der Waals surface area contributed by atoms with E-state index < -0.39 is 11.7 Å². The second-order valence-electron chi connectivity index (χ2n) is 8.38. The number of aromatic nitrogens is 1. The summed E-state index contributed by atoms with van der Waals surface area (Å²) in [6.07, 6.45) is 6.64. The molecule has 1 aromatic carbocycles. The fourth-order valence-corrected chi connectivity index (χ4v) is 4.57. The van der Waals surface area contributed by atoms with Crippen LogP contribution in [-0.4, -0.2) is 43.1 Å². The lowest BCUT2D eigenvalue weighted by molar-refractivity contribution is 0.100. The molecule has 2 heterocycles. The predicted octanol–water partition coefficient (Wildman–Crippen LogP) is 3.61. The van der Waals surface area contributed by atoms with Crippen LogP contribution in [0.5, 0.6) is 0 Å². The molecule has 0 bridgehead atoms. The van der Waals surface area contributed by atoms with Crippen LogP contribution in [0.2, 0.25) is 0 Å². The maximum atomic E-state index is 14.8. The zero-order chi connectivity index (χ0) is 21.8. The van der Waals surface area contributed by atoms with Gasteiger partial charge in [0.2, 0.25) is 0 Å². The number of likely N-dealkylation sites (N-methyl/N-ethyl adjacent to an activating group) is 1. The third kappa shape index (κ3) is 4.90. The Balaban J connectivity index is 1.56. The quantitative estimate of drug-likeness (QED) is 0.540. The van der Waals surface area contributed by atoms with Gasteiger partial charge in [0.05, 0.1) is 5.56 Å². The Hall–Kier alpha value is -2.87. The third-order valence-electron chi connectivity index (χ3n) is 6.30. The summed E-state index contributed by atoms with van der Waals surface area (Å²) in [4.78, 5) is 18.7. The minimum Gasteiger partial charge on any atom is -0.372 e. The van der Waals surface area contributed by atoms with E-state index in [0.29, 0.717) is 0 Å². The highest BCUT2D eigenvalue weighted by Gasteiger charge is 2.26. The molecule has 1 amide bonds. The third-order valence-corrected chi connectivity index (χ3v) is 6.30. The number of amides is 1. The Morgan fingerprint density at radius 1 is 1.06 bits per heavy atom. The first-order valence-corrected chi connectivity index (χ1v) is 11.1. The molecule has 1 saturated carbocycles. The van der Waals surface area contributed by atoms with Gasteiger partial charge in [-0.05, 0) is 63.1 Å². The minimum atomic E-state index is -0.722. The van der Waals surface area contributed by atoms with Crippen molar-refractivity contribution < 1.29 is 9.18 Å². The molecule has 2 aliphatic rings. The first-order valence-electron chi connectivity index (χ1n) is 11.1. The lowest BCUT2D eigenvalue weighted by atomic mass is 9.90. The number of nitrogens with one attached hydrogen (secondary N) is 3. The van der Waals surface area contributed by atoms with Gasteiger partial charge in [-0.3, -0.25) is 4.79 Å². The highest BCUT2D eigenvalue weighted by atomic mass is 19.1. The van der Waals surface area contributed by atoms with Crippen LogP contribution < -0.4 is 26.6 Å². The zero-order valence-corrected chi connectivity index (χ0v) is 18.0. The number of pyridine rings is 1. The number of nitrogens with two attached hydrogens (primary N) is 1. The summed E-state index contributed by atoms with van der Waals surface area (Å²) in [5.74, 6) is -0.917. The molecular weight excluding hydrogens is 395 g/mol. The average molecular weight is 427 g/mol. The molecule has 1 aliphatic carbocycles. The number of hydrogen-bond acceptors (Lipinski definition) is 6. The molecule has 8 heteroatoms. The van der Waals surface area contributed by atoms with Crippen molar-refractivity contribution in [2.24, 2.45) is 5.73 Å². The van der Waals surface area contributed by atoms with E-state index in [1.807, 2.05) is 31.3 Å². The van der Waals surface area contributed by atoms with Gasteiger partial charge in [0, 0.05) is 36.5 Å². The average Bonchev–Trinajstić information content (AvgIpc) is 3.31. The van der Waals surface area contributed by atoms with Crippen molar-refractivity contribution in [3.05, 3.63) is 41.7 Å². The summed E-state index contributed by atoms with van der Waals surface area (Å²) in [6, 6.07) is 9.45. The van der Waals surface area contributed by atoms with Crippen LogP contribution >= 0.6 is 0 Å². The summed E-state index contributed by atoms with van der Waals surface area (Å²) in [5, 5.41) is 9.69. The van der Waals surface area contributed by atoms with E-state index in [1.165, 1.54) is 18.5 Å². The number of halogens is 1. The lowest BCUT2D eigenvalue weighted by Gasteiger charge is -2.32. The molecule has 1 aromatic heterocycles. The summed E-state index contributed by atoms with van der Waals surface area (Å²) in [6.45, 7) is 2.14. The van der Waals surface area contributed by atoms with Gasteiger partial charge in [-0.25, -0.2) is 9.37 Å². The molecule has 0 radical (unpaired) electrons. The Morgan fingerprint density at radius 3 is 2.39 bits per heavy atom. The van der Waals surface area contributed by atoms with Crippen LogP contribution in [0.3, 0.4) is 0 Å². The molecule has 1 unspecified atom stereocenters. The predicted molar refractivity (Wildman–Crippen MR) is 123 cm³/mol. The number of carbonyl (C=O) groups is 1. The highest BCUT2D eigenvalue weighted by molar-refractivity contribution is 5.98. The number of nitrogens with zero attached hydrogens (tertiary/aromatic N) is 2. The van der Waals surface area contributed by atoms with Crippen molar-refractivity contribution in [2.75, 3.05) is 35.7 Å². The molecule has 1 saturated heterocycles. The maximum absolute atomic E-state index is 14.8. The summed E-state index contributed by atoms with van der Waals surface area (Å²) >= 11 is 0. The zero-order valence-electron chi connectivity index (χ0n) is 18.0. The van der Waals surface area contributed by atoms with Crippen LogP contribution in [0, 0.1) is 5.82 Å². The summed E-state index contributed by atoms with van der Waals surface area (Å²) in [7, 11) is 1.92. The number of anilines is 4. The fraction of sp³-hybridized carbons (Fsp3) is 0.478. The van der Waals surface area contributed by atoms with Crippen LogP contribution in [0.4, 0.5) is 27.4 Å².